The number of aliphatic imine (C=N–C) groups is 1. The van der Waals surface area contributed by atoms with Gasteiger partial charge in [-0.2, -0.15) is 0 Å². The van der Waals surface area contributed by atoms with Crippen LogP contribution in [-0.4, -0.2) is 15.7 Å². The predicted octanol–water partition coefficient (Wildman–Crippen LogP) is -0.273. The van der Waals surface area contributed by atoms with Gasteiger partial charge in [-0.15, -0.1) is 0 Å². The molecule has 1 rings (SSSR count). The van der Waals surface area contributed by atoms with Gasteiger partial charge in [0.05, 0.1) is 5.69 Å². The Kier molecular flexibility index (Phi) is 3.66. The van der Waals surface area contributed by atoms with Crippen molar-refractivity contribution in [2.75, 3.05) is 0 Å². The fraction of sp³-hybridized carbons (Fsp3) is 0.125. The highest BCUT2D eigenvalue weighted by Crippen LogP contribution is 2.48. The SMILES string of the molecule is NC(N)=Nc1ccc([C@@H](N)P(=O)(O)O)cc1. The Balaban J connectivity index is 2.96. The first-order chi connectivity index (χ1) is 7.30. The Bertz CT molecular complexity index is 435. The van der Waals surface area contributed by atoms with Crippen LogP contribution in [0.5, 0.6) is 0 Å². The quantitative estimate of drug-likeness (QED) is 0.280. The molecule has 0 amide bonds. The minimum absolute atomic E-state index is 0.0907. The van der Waals surface area contributed by atoms with Gasteiger partial charge in [0.15, 0.2) is 5.96 Å². The van der Waals surface area contributed by atoms with E-state index < -0.39 is 13.4 Å². The Morgan fingerprint density at radius 2 is 1.75 bits per heavy atom. The van der Waals surface area contributed by atoms with Gasteiger partial charge in [-0.25, -0.2) is 4.99 Å². The first-order valence-electron chi connectivity index (χ1n) is 4.31. The summed E-state index contributed by atoms with van der Waals surface area (Å²) in [6.07, 6.45) is 0. The third-order valence-electron chi connectivity index (χ3n) is 1.86. The van der Waals surface area contributed by atoms with Crippen molar-refractivity contribution in [3.05, 3.63) is 29.8 Å². The number of hydrogen-bond donors (Lipinski definition) is 5. The number of benzene rings is 1. The van der Waals surface area contributed by atoms with Gasteiger partial charge >= 0.3 is 7.60 Å². The van der Waals surface area contributed by atoms with Crippen LogP contribution in [0.2, 0.25) is 0 Å². The third kappa shape index (κ3) is 3.32. The summed E-state index contributed by atoms with van der Waals surface area (Å²) in [6.45, 7) is 0. The van der Waals surface area contributed by atoms with E-state index >= 15 is 0 Å². The standard InChI is InChI=1S/C8H13N4O3P/c9-7(16(13,14)15)5-1-3-6(4-2-5)12-8(10)11/h1-4,7H,9H2,(H4,10,11,12)(H2,13,14,15)/t7-/m0/s1. The molecule has 0 aliphatic carbocycles. The number of nitrogens with zero attached hydrogens (tertiary/aromatic N) is 1. The molecule has 0 saturated heterocycles. The van der Waals surface area contributed by atoms with E-state index in [1.807, 2.05) is 0 Å². The van der Waals surface area contributed by atoms with Gasteiger partial charge in [-0.1, -0.05) is 12.1 Å². The van der Waals surface area contributed by atoms with Gasteiger partial charge in [0.25, 0.3) is 0 Å². The second kappa shape index (κ2) is 4.63. The highest BCUT2D eigenvalue weighted by molar-refractivity contribution is 7.52. The van der Waals surface area contributed by atoms with Gasteiger partial charge < -0.3 is 27.0 Å². The van der Waals surface area contributed by atoms with Gasteiger partial charge in [0.1, 0.15) is 5.78 Å². The molecule has 0 heterocycles. The average molecular weight is 244 g/mol. The summed E-state index contributed by atoms with van der Waals surface area (Å²) in [5.41, 5.74) is 16.5. The smallest absolute Gasteiger partial charge is 0.346 e. The Morgan fingerprint density at radius 1 is 1.25 bits per heavy atom. The topological polar surface area (TPSA) is 148 Å². The molecular formula is C8H13N4O3P. The summed E-state index contributed by atoms with van der Waals surface area (Å²) in [4.78, 5) is 21.5. The monoisotopic (exact) mass is 244 g/mol. The lowest BCUT2D eigenvalue weighted by molar-refractivity contribution is 0.359. The van der Waals surface area contributed by atoms with Crippen molar-refractivity contribution in [1.29, 1.82) is 0 Å². The first kappa shape index (κ1) is 12.7. The number of guanidine groups is 1. The molecule has 0 radical (unpaired) electrons. The van der Waals surface area contributed by atoms with E-state index in [-0.39, 0.29) is 5.96 Å². The van der Waals surface area contributed by atoms with Crippen LogP contribution in [0.25, 0.3) is 0 Å². The molecule has 1 aromatic rings. The minimum atomic E-state index is -4.33. The maximum atomic E-state index is 10.9. The first-order valence-corrected chi connectivity index (χ1v) is 5.99. The molecule has 0 aliphatic rings. The molecule has 0 aliphatic heterocycles. The Morgan fingerprint density at radius 3 is 2.12 bits per heavy atom. The van der Waals surface area contributed by atoms with Gasteiger partial charge in [-0.05, 0) is 17.7 Å². The van der Waals surface area contributed by atoms with Gasteiger partial charge in [-0.3, -0.25) is 4.57 Å². The maximum Gasteiger partial charge on any atom is 0.346 e. The predicted molar refractivity (Wildman–Crippen MR) is 60.9 cm³/mol. The average Bonchev–Trinajstić information content (AvgIpc) is 2.15. The number of rotatable bonds is 3. The van der Waals surface area contributed by atoms with Crippen molar-refractivity contribution >= 4 is 19.2 Å². The molecule has 0 unspecified atom stereocenters. The van der Waals surface area contributed by atoms with E-state index in [1.165, 1.54) is 24.3 Å². The molecule has 0 fully saturated rings. The highest BCUT2D eigenvalue weighted by atomic mass is 31.2. The summed E-state index contributed by atoms with van der Waals surface area (Å²) in [6, 6.07) is 5.96. The van der Waals surface area contributed by atoms with Crippen molar-refractivity contribution in [2.45, 2.75) is 5.78 Å². The normalized spacial score (nSPS) is 13.2. The van der Waals surface area contributed by atoms with Crippen molar-refractivity contribution < 1.29 is 14.4 Å². The second-order valence-electron chi connectivity index (χ2n) is 3.16. The van der Waals surface area contributed by atoms with Crippen LogP contribution >= 0.6 is 7.60 Å². The molecule has 0 aromatic heterocycles. The van der Waals surface area contributed by atoms with Gasteiger partial charge in [0.2, 0.25) is 0 Å². The minimum Gasteiger partial charge on any atom is -0.370 e. The van der Waals surface area contributed by atoms with Crippen LogP contribution in [-0.2, 0) is 4.57 Å². The molecular weight excluding hydrogens is 231 g/mol. The summed E-state index contributed by atoms with van der Waals surface area (Å²) in [5, 5.41) is 0. The van der Waals surface area contributed by atoms with Crippen LogP contribution in [0.1, 0.15) is 11.3 Å². The van der Waals surface area contributed by atoms with Crippen LogP contribution in [0, 0.1) is 0 Å². The lowest BCUT2D eigenvalue weighted by Gasteiger charge is -2.13. The van der Waals surface area contributed by atoms with Crippen LogP contribution in [0.3, 0.4) is 0 Å². The number of hydrogen-bond acceptors (Lipinski definition) is 3. The highest BCUT2D eigenvalue weighted by Gasteiger charge is 2.25. The number of nitrogens with two attached hydrogens (primary N) is 3. The largest absolute Gasteiger partial charge is 0.370 e. The molecule has 0 spiro atoms. The zero-order chi connectivity index (χ0) is 12.3. The molecule has 16 heavy (non-hydrogen) atoms. The molecule has 88 valence electrons. The van der Waals surface area contributed by atoms with Crippen molar-refractivity contribution in [1.82, 2.24) is 0 Å². The molecule has 8 N–H and O–H groups in total. The van der Waals surface area contributed by atoms with E-state index in [0.29, 0.717) is 11.3 Å². The van der Waals surface area contributed by atoms with Crippen molar-refractivity contribution in [3.63, 3.8) is 0 Å². The van der Waals surface area contributed by atoms with Crippen LogP contribution in [0.4, 0.5) is 5.69 Å². The zero-order valence-electron chi connectivity index (χ0n) is 8.32. The van der Waals surface area contributed by atoms with Crippen molar-refractivity contribution in [3.8, 4) is 0 Å². The fourth-order valence-electron chi connectivity index (χ4n) is 1.09. The van der Waals surface area contributed by atoms with E-state index in [0.717, 1.165) is 0 Å². The van der Waals surface area contributed by atoms with Crippen molar-refractivity contribution in [2.24, 2.45) is 22.2 Å². The Labute approximate surface area is 92.1 Å². The van der Waals surface area contributed by atoms with E-state index in [2.05, 4.69) is 4.99 Å². The summed E-state index contributed by atoms with van der Waals surface area (Å²) in [7, 11) is -4.33. The molecule has 0 bridgehead atoms. The van der Waals surface area contributed by atoms with E-state index in [4.69, 9.17) is 27.0 Å². The summed E-state index contributed by atoms with van der Waals surface area (Å²) >= 11 is 0. The molecule has 1 aromatic carbocycles. The fourth-order valence-corrected chi connectivity index (χ4v) is 1.65. The summed E-state index contributed by atoms with van der Waals surface area (Å²) < 4.78 is 10.9. The summed E-state index contributed by atoms with van der Waals surface area (Å²) in [5.74, 6) is -1.42. The maximum absolute atomic E-state index is 10.9. The molecule has 7 nitrogen and oxygen atoms in total. The third-order valence-corrected chi connectivity index (χ3v) is 2.88. The zero-order valence-corrected chi connectivity index (χ0v) is 9.21. The van der Waals surface area contributed by atoms with E-state index in [9.17, 15) is 4.57 Å². The van der Waals surface area contributed by atoms with Crippen LogP contribution in [0.15, 0.2) is 29.3 Å². The van der Waals surface area contributed by atoms with Crippen LogP contribution < -0.4 is 17.2 Å². The lowest BCUT2D eigenvalue weighted by Crippen LogP contribution is -2.21. The molecule has 1 atom stereocenters. The second-order valence-corrected chi connectivity index (χ2v) is 4.90. The molecule has 0 saturated carbocycles. The Hall–Kier alpha value is -1.40. The lowest BCUT2D eigenvalue weighted by atomic mass is 10.2. The molecule has 8 heteroatoms. The van der Waals surface area contributed by atoms with Gasteiger partial charge in [0, 0.05) is 0 Å². The van der Waals surface area contributed by atoms with E-state index in [1.54, 1.807) is 0 Å².